The first-order valence-electron chi connectivity index (χ1n) is 1.84. The van der Waals surface area contributed by atoms with E-state index in [1.165, 1.54) is 0 Å². The summed E-state index contributed by atoms with van der Waals surface area (Å²) in [5.74, 6) is 0. The second kappa shape index (κ2) is 36.0. The minimum atomic E-state index is -3.63. The van der Waals surface area contributed by atoms with E-state index in [9.17, 15) is 0 Å². The molecule has 0 amide bonds. The van der Waals surface area contributed by atoms with Crippen LogP contribution < -0.4 is 28.8 Å². The van der Waals surface area contributed by atoms with Gasteiger partial charge in [-0.05, 0) is 0 Å². The zero-order valence-electron chi connectivity index (χ0n) is 7.25. The first-order chi connectivity index (χ1) is 5.20. The average molecular weight is 553 g/mol. The maximum absolute atomic E-state index is 8.52. The van der Waals surface area contributed by atoms with Crippen LogP contribution in [0.25, 0.3) is 0 Å². The van der Waals surface area contributed by atoms with Crippen LogP contribution in [0.1, 0.15) is 0 Å². The Bertz CT molecular complexity index is 122. The minimum Gasteiger partial charge on any atom is -0.672 e. The van der Waals surface area contributed by atoms with E-state index in [1.54, 1.807) is 0 Å². The molecule has 16 heavy (non-hydrogen) atoms. The Morgan fingerprint density at radius 1 is 0.562 bits per heavy atom. The predicted octanol–water partition coefficient (Wildman–Crippen LogP) is -9.84. The van der Waals surface area contributed by atoms with E-state index < -0.39 is 27.5 Å². The summed E-state index contributed by atoms with van der Waals surface area (Å²) < 4.78 is 25.6. The molecule has 0 atom stereocenters. The standard InChI is InChI=1S/Al.2Ce.3O3Si.H2O/c;;;3*1-4(2)3;/h;;;;;;1H2/q;2*+3;3*-2;. The maximum Gasteiger partial charge on any atom is 3.00 e. The van der Waals surface area contributed by atoms with Crippen LogP contribution in [0.2, 0.25) is 0 Å². The van der Waals surface area contributed by atoms with Crippen LogP contribution in [0.4, 0.5) is 0 Å². The Hall–Kier alpha value is 2.10. The van der Waals surface area contributed by atoms with Gasteiger partial charge in [0.1, 0.15) is 0 Å². The molecule has 5 radical (unpaired) electrons. The van der Waals surface area contributed by atoms with Gasteiger partial charge >= 0.3 is 83.5 Å². The molecule has 0 fully saturated rings. The number of hydrogen-bond donors (Lipinski definition) is 0. The minimum absolute atomic E-state index is 0. The Morgan fingerprint density at radius 3 is 0.562 bits per heavy atom. The summed E-state index contributed by atoms with van der Waals surface area (Å²) >= 11 is 0. The molecule has 0 aliphatic heterocycles. The molecule has 0 bridgehead atoms. The maximum atomic E-state index is 8.52. The first kappa shape index (κ1) is 43.0. The molecule has 0 spiro atoms. The Balaban J connectivity index is -0.0000000135. The fourth-order valence-electron chi connectivity index (χ4n) is 0. The van der Waals surface area contributed by atoms with E-state index in [0.29, 0.717) is 0 Å². The van der Waals surface area contributed by atoms with Crippen molar-refractivity contribution in [3.8, 4) is 0 Å². The first-order valence-corrected chi connectivity index (χ1v) is 5.51. The van der Waals surface area contributed by atoms with Crippen LogP contribution in [0.3, 0.4) is 0 Å². The summed E-state index contributed by atoms with van der Waals surface area (Å²) in [4.78, 5) is 51.1. The zero-order chi connectivity index (χ0) is 10.7. The molecule has 0 aromatic rings. The second-order valence-electron chi connectivity index (χ2n) is 0.750. The van der Waals surface area contributed by atoms with Crippen LogP contribution >= 0.6 is 0 Å². The molecule has 0 aromatic carbocycles. The van der Waals surface area contributed by atoms with Crippen LogP contribution in [0, 0.1) is 83.5 Å². The van der Waals surface area contributed by atoms with Crippen molar-refractivity contribution < 1.29 is 131 Å². The molecule has 0 aromatic heterocycles. The third kappa shape index (κ3) is 835. The van der Waals surface area contributed by atoms with Gasteiger partial charge in [-0.15, -0.1) is 0 Å². The van der Waals surface area contributed by atoms with Gasteiger partial charge in [0, 0.05) is 44.9 Å². The van der Waals surface area contributed by atoms with Gasteiger partial charge in [-0.25, -0.2) is 0 Å². The van der Waals surface area contributed by atoms with Crippen LogP contribution in [-0.2, 0) is 13.4 Å². The van der Waals surface area contributed by atoms with Gasteiger partial charge in [-0.1, -0.05) is 0 Å². The molecule has 0 aliphatic carbocycles. The molecule has 0 unspecified atom stereocenters. The molecule has 10 nitrogen and oxygen atoms in total. The smallest absolute Gasteiger partial charge is 0.672 e. The monoisotopic (exact) mass is 553 g/mol. The van der Waals surface area contributed by atoms with Crippen molar-refractivity contribution in [2.75, 3.05) is 0 Å². The Kier molecular flexibility index (Phi) is 96.6. The molecule has 85 valence electrons. The van der Waals surface area contributed by atoms with Crippen molar-refractivity contribution in [2.24, 2.45) is 0 Å². The predicted molar refractivity (Wildman–Crippen MR) is 28.7 cm³/mol. The summed E-state index contributed by atoms with van der Waals surface area (Å²) in [6, 6.07) is 0. The van der Waals surface area contributed by atoms with Crippen LogP contribution in [0.5, 0.6) is 0 Å². The average Bonchev–Trinajstić information content (AvgIpc) is 1.54. The number of rotatable bonds is 0. The summed E-state index contributed by atoms with van der Waals surface area (Å²) in [6.45, 7) is 0. The van der Waals surface area contributed by atoms with Gasteiger partial charge in [0.25, 0.3) is 0 Å². The van der Waals surface area contributed by atoms with E-state index in [1.807, 2.05) is 0 Å². The van der Waals surface area contributed by atoms with E-state index >= 15 is 0 Å². The van der Waals surface area contributed by atoms with Crippen molar-refractivity contribution in [1.29, 1.82) is 0 Å². The van der Waals surface area contributed by atoms with E-state index in [4.69, 9.17) is 42.2 Å². The van der Waals surface area contributed by atoms with Crippen molar-refractivity contribution in [3.63, 3.8) is 0 Å². The van der Waals surface area contributed by atoms with Gasteiger partial charge in [0.2, 0.25) is 0 Å². The summed E-state index contributed by atoms with van der Waals surface area (Å²) in [5, 5.41) is 0. The molecular formula is H2AlCe2O10Si3. The van der Waals surface area contributed by atoms with Crippen molar-refractivity contribution in [2.45, 2.75) is 0 Å². The summed E-state index contributed by atoms with van der Waals surface area (Å²) in [7, 11) is -10.9. The van der Waals surface area contributed by atoms with Gasteiger partial charge in [-0.2, -0.15) is 0 Å². The van der Waals surface area contributed by atoms with Crippen LogP contribution in [-0.4, -0.2) is 50.3 Å². The third-order valence-corrected chi connectivity index (χ3v) is 0. The fraction of sp³-hybridized carbons (Fsp3) is 0. The molecule has 0 saturated carbocycles. The summed E-state index contributed by atoms with van der Waals surface area (Å²) in [5.41, 5.74) is 0. The normalized spacial score (nSPS) is 4.50. The molecule has 0 aliphatic rings. The Labute approximate surface area is 173 Å². The largest absolute Gasteiger partial charge is 3.00 e. The van der Waals surface area contributed by atoms with E-state index in [0.717, 1.165) is 0 Å². The molecule has 16 heteroatoms. The van der Waals surface area contributed by atoms with Gasteiger partial charge in [0.05, 0.1) is 0 Å². The van der Waals surface area contributed by atoms with E-state index in [-0.39, 0.29) is 106 Å². The molecule has 0 heterocycles. The quantitative estimate of drug-likeness (QED) is 0.259. The van der Waals surface area contributed by atoms with Crippen molar-refractivity contribution in [1.82, 2.24) is 0 Å². The summed E-state index contributed by atoms with van der Waals surface area (Å²) in [6.07, 6.45) is 0. The second-order valence-corrected chi connectivity index (χ2v) is 2.25. The van der Waals surface area contributed by atoms with Gasteiger partial charge < -0.3 is 47.6 Å². The molecular weight excluding hydrogens is 551 g/mol. The van der Waals surface area contributed by atoms with Crippen molar-refractivity contribution in [3.05, 3.63) is 0 Å². The molecule has 0 saturated heterocycles. The zero-order valence-corrected chi connectivity index (χ0v) is 17.7. The number of hydrogen-bond acceptors (Lipinski definition) is 9. The fourth-order valence-corrected chi connectivity index (χ4v) is 0. The van der Waals surface area contributed by atoms with Crippen LogP contribution in [0.15, 0.2) is 0 Å². The van der Waals surface area contributed by atoms with E-state index in [2.05, 4.69) is 0 Å². The Morgan fingerprint density at radius 2 is 0.562 bits per heavy atom. The van der Waals surface area contributed by atoms with Gasteiger partial charge in [0.15, 0.2) is 0 Å². The topological polar surface area (TPSA) is 221 Å². The molecule has 2 N–H and O–H groups in total. The third-order valence-electron chi connectivity index (χ3n) is 0. The molecule has 0 rings (SSSR count). The van der Waals surface area contributed by atoms with Crippen molar-refractivity contribution >= 4 is 44.9 Å². The SMILES string of the molecule is O.O=[Si]([O-])[O-].O=[Si]([O-])[O-].O=[Si]([O-])[O-].[Al].[Ce+3].[Ce+3]. The van der Waals surface area contributed by atoms with Gasteiger partial charge in [-0.3, -0.25) is 0 Å².